The molecule has 2 rings (SSSR count). The summed E-state index contributed by atoms with van der Waals surface area (Å²) < 4.78 is 6.30. The highest BCUT2D eigenvalue weighted by Crippen LogP contribution is 2.29. The Balaban J connectivity index is 2.22. The second-order valence-corrected chi connectivity index (χ2v) is 6.91. The lowest BCUT2D eigenvalue weighted by Crippen LogP contribution is -2.52. The zero-order chi connectivity index (χ0) is 17.9. The molecule has 4 nitrogen and oxygen atoms in total. The normalized spacial score (nSPS) is 20.3. The van der Waals surface area contributed by atoms with Crippen LogP contribution in [0.3, 0.4) is 0 Å². The summed E-state index contributed by atoms with van der Waals surface area (Å²) in [5.74, 6) is 1.09. The van der Waals surface area contributed by atoms with Crippen molar-refractivity contribution in [3.8, 4) is 5.75 Å². The zero-order valence-corrected chi connectivity index (χ0v) is 16.1. The Morgan fingerprint density at radius 1 is 1.12 bits per heavy atom. The largest absolute Gasteiger partial charge is 0.448 e. The van der Waals surface area contributed by atoms with Crippen LogP contribution in [0, 0.1) is 20.8 Å². The summed E-state index contributed by atoms with van der Waals surface area (Å²) in [7, 11) is 0. The highest BCUT2D eigenvalue weighted by molar-refractivity contribution is 5.80. The Hall–Kier alpha value is -1.97. The highest BCUT2D eigenvalue weighted by Gasteiger charge is 2.30. The van der Waals surface area contributed by atoms with Crippen LogP contribution in [0.5, 0.6) is 5.75 Å². The maximum absolute atomic E-state index is 6.30. The lowest BCUT2D eigenvalue weighted by molar-refractivity contribution is 0.0659. The number of nitrogens with zero attached hydrogens (tertiary/aromatic N) is 1. The number of aliphatic imine (C=N–C) groups is 1. The van der Waals surface area contributed by atoms with Crippen molar-refractivity contribution in [2.24, 2.45) is 4.99 Å². The molecule has 0 bridgehead atoms. The minimum atomic E-state index is -0.807. The van der Waals surface area contributed by atoms with Crippen molar-refractivity contribution in [3.05, 3.63) is 40.2 Å². The summed E-state index contributed by atoms with van der Waals surface area (Å²) in [6.45, 7) is 14.7. The van der Waals surface area contributed by atoms with Crippen molar-refractivity contribution in [3.63, 3.8) is 0 Å². The molecule has 1 aliphatic rings. The first-order valence-electron chi connectivity index (χ1n) is 8.85. The van der Waals surface area contributed by atoms with E-state index in [1.807, 2.05) is 13.1 Å². The van der Waals surface area contributed by atoms with Crippen LogP contribution in [0.2, 0.25) is 0 Å². The molecular formula is C20H31N3O. The molecule has 1 unspecified atom stereocenters. The molecule has 1 aliphatic heterocycles. The van der Waals surface area contributed by atoms with E-state index in [1.165, 1.54) is 5.56 Å². The van der Waals surface area contributed by atoms with Crippen molar-refractivity contribution in [1.82, 2.24) is 10.6 Å². The number of nitrogens with one attached hydrogen (secondary N) is 2. The van der Waals surface area contributed by atoms with Gasteiger partial charge in [0.2, 0.25) is 0 Å². The Kier molecular flexibility index (Phi) is 5.58. The second-order valence-electron chi connectivity index (χ2n) is 6.91. The second kappa shape index (κ2) is 7.29. The molecule has 0 saturated carbocycles. The van der Waals surface area contributed by atoms with Gasteiger partial charge in [-0.1, -0.05) is 31.5 Å². The van der Waals surface area contributed by atoms with E-state index < -0.39 is 5.85 Å². The first kappa shape index (κ1) is 18.4. The third-order valence-electron chi connectivity index (χ3n) is 4.50. The molecule has 0 aliphatic carbocycles. The van der Waals surface area contributed by atoms with Crippen LogP contribution in [0.4, 0.5) is 0 Å². The molecule has 0 fully saturated rings. The lowest BCUT2D eigenvalue weighted by atomic mass is 10.1. The number of hydrogen-bond acceptors (Lipinski definition) is 4. The van der Waals surface area contributed by atoms with Crippen LogP contribution in [0.1, 0.15) is 57.2 Å². The fraction of sp³-hybridized carbons (Fsp3) is 0.550. The summed E-state index contributed by atoms with van der Waals surface area (Å²) in [6, 6.07) is 4.73. The average Bonchev–Trinajstić information content (AvgIpc) is 2.52. The molecule has 4 heteroatoms. The summed E-state index contributed by atoms with van der Waals surface area (Å²) >= 11 is 0. The predicted molar refractivity (Wildman–Crippen MR) is 102 cm³/mol. The molecule has 0 saturated heterocycles. The molecule has 0 spiro atoms. The number of hydrogen-bond donors (Lipinski definition) is 2. The molecule has 0 radical (unpaired) electrons. The number of ether oxygens (including phenoxy) is 1. The van der Waals surface area contributed by atoms with Gasteiger partial charge in [0.05, 0.1) is 0 Å². The van der Waals surface area contributed by atoms with Crippen molar-refractivity contribution in [1.29, 1.82) is 0 Å². The number of allylic oxidation sites excluding steroid dienone is 1. The molecule has 24 heavy (non-hydrogen) atoms. The van der Waals surface area contributed by atoms with Crippen LogP contribution < -0.4 is 15.4 Å². The minimum absolute atomic E-state index is 0.445. The number of rotatable bonds is 6. The zero-order valence-electron chi connectivity index (χ0n) is 16.1. The lowest BCUT2D eigenvalue weighted by Gasteiger charge is -2.35. The smallest absolute Gasteiger partial charge is 0.277 e. The monoisotopic (exact) mass is 329 g/mol. The third-order valence-corrected chi connectivity index (χ3v) is 4.50. The average molecular weight is 329 g/mol. The van der Waals surface area contributed by atoms with Gasteiger partial charge in [0.1, 0.15) is 11.6 Å². The number of benzene rings is 1. The Bertz CT molecular complexity index is 636. The van der Waals surface area contributed by atoms with E-state index in [4.69, 9.17) is 4.74 Å². The van der Waals surface area contributed by atoms with E-state index >= 15 is 0 Å². The molecule has 0 amide bonds. The van der Waals surface area contributed by atoms with Gasteiger partial charge in [-0.15, -0.1) is 0 Å². The Morgan fingerprint density at radius 2 is 1.71 bits per heavy atom. The Morgan fingerprint density at radius 3 is 2.25 bits per heavy atom. The highest BCUT2D eigenvalue weighted by atomic mass is 16.5. The third kappa shape index (κ3) is 4.11. The van der Waals surface area contributed by atoms with Crippen LogP contribution in [0.25, 0.3) is 0 Å². The van der Waals surface area contributed by atoms with Gasteiger partial charge in [-0.05, 0) is 51.7 Å². The van der Waals surface area contributed by atoms with E-state index in [-0.39, 0.29) is 0 Å². The molecule has 1 heterocycles. The van der Waals surface area contributed by atoms with Gasteiger partial charge in [-0.2, -0.15) is 0 Å². The predicted octanol–water partition coefficient (Wildman–Crippen LogP) is 4.35. The van der Waals surface area contributed by atoms with Crippen LogP contribution >= 0.6 is 0 Å². The van der Waals surface area contributed by atoms with Crippen LogP contribution in [0.15, 0.2) is 28.5 Å². The summed E-state index contributed by atoms with van der Waals surface area (Å²) in [4.78, 5) is 4.60. The van der Waals surface area contributed by atoms with Gasteiger partial charge < -0.3 is 15.4 Å². The van der Waals surface area contributed by atoms with Crippen LogP contribution in [-0.4, -0.2) is 18.1 Å². The standard InChI is InChI=1S/C20H31N3O/c1-8-17(9-2)22-19-16(6)12-21-20(7,23-19)24-18-14(4)10-13(3)11-15(18)5/h10-12,17,22-23H,8-9H2,1-7H3. The molecule has 132 valence electrons. The van der Waals surface area contributed by atoms with E-state index in [1.54, 1.807) is 0 Å². The van der Waals surface area contributed by atoms with Gasteiger partial charge in [0.25, 0.3) is 5.85 Å². The Labute approximate surface area is 146 Å². The SMILES string of the molecule is CCC(CC)NC1=C(C)C=NC(C)(Oc2c(C)cc(C)cc2C)N1. The first-order chi connectivity index (χ1) is 11.3. The first-order valence-corrected chi connectivity index (χ1v) is 8.85. The maximum Gasteiger partial charge on any atom is 0.277 e. The number of aryl methyl sites for hydroxylation is 3. The molecule has 2 N–H and O–H groups in total. The van der Waals surface area contributed by atoms with Crippen molar-refractivity contribution < 1.29 is 4.74 Å². The summed E-state index contributed by atoms with van der Waals surface area (Å²) in [5.41, 5.74) is 4.60. The van der Waals surface area contributed by atoms with E-state index in [2.05, 4.69) is 69.3 Å². The topological polar surface area (TPSA) is 45.7 Å². The van der Waals surface area contributed by atoms with Crippen molar-refractivity contribution in [2.45, 2.75) is 73.2 Å². The van der Waals surface area contributed by atoms with E-state index in [9.17, 15) is 0 Å². The maximum atomic E-state index is 6.30. The fourth-order valence-corrected chi connectivity index (χ4v) is 3.07. The molecule has 0 aromatic heterocycles. The minimum Gasteiger partial charge on any atom is -0.448 e. The molecule has 1 aromatic rings. The molecule has 1 aromatic carbocycles. The van der Waals surface area contributed by atoms with Gasteiger partial charge >= 0.3 is 0 Å². The summed E-state index contributed by atoms with van der Waals surface area (Å²) in [6.07, 6.45) is 4.06. The van der Waals surface area contributed by atoms with E-state index in [0.29, 0.717) is 6.04 Å². The van der Waals surface area contributed by atoms with Crippen molar-refractivity contribution in [2.75, 3.05) is 0 Å². The van der Waals surface area contributed by atoms with Gasteiger partial charge in [-0.3, -0.25) is 0 Å². The van der Waals surface area contributed by atoms with Gasteiger partial charge in [-0.25, -0.2) is 4.99 Å². The van der Waals surface area contributed by atoms with E-state index in [0.717, 1.165) is 41.1 Å². The molecule has 1 atom stereocenters. The quantitative estimate of drug-likeness (QED) is 0.815. The fourth-order valence-electron chi connectivity index (χ4n) is 3.07. The van der Waals surface area contributed by atoms with Gasteiger partial charge in [0, 0.05) is 24.8 Å². The molecular weight excluding hydrogens is 298 g/mol. The summed E-state index contributed by atoms with van der Waals surface area (Å²) in [5, 5.41) is 7.03. The van der Waals surface area contributed by atoms with Crippen molar-refractivity contribution >= 4 is 6.21 Å². The van der Waals surface area contributed by atoms with Gasteiger partial charge in [0.15, 0.2) is 0 Å². The van der Waals surface area contributed by atoms with Crippen LogP contribution in [-0.2, 0) is 0 Å².